The first-order valence-corrected chi connectivity index (χ1v) is 8.09. The summed E-state index contributed by atoms with van der Waals surface area (Å²) in [6.07, 6.45) is 1.98. The molecule has 1 aliphatic carbocycles. The number of carbonyl (C=O) groups excluding carboxylic acids is 1. The molecule has 1 aliphatic rings. The summed E-state index contributed by atoms with van der Waals surface area (Å²) in [5.41, 5.74) is 3.54. The normalized spacial score (nSPS) is 13.7. The van der Waals surface area contributed by atoms with Gasteiger partial charge in [-0.05, 0) is 31.0 Å². The van der Waals surface area contributed by atoms with E-state index in [9.17, 15) is 4.79 Å². The summed E-state index contributed by atoms with van der Waals surface area (Å²) >= 11 is 0. The van der Waals surface area contributed by atoms with E-state index in [1.807, 2.05) is 54.6 Å². The highest BCUT2D eigenvalue weighted by molar-refractivity contribution is 5.97. The van der Waals surface area contributed by atoms with Gasteiger partial charge in [0.05, 0.1) is 18.3 Å². The largest absolute Gasteiger partial charge is 0.496 e. The van der Waals surface area contributed by atoms with Gasteiger partial charge >= 0.3 is 0 Å². The summed E-state index contributed by atoms with van der Waals surface area (Å²) in [5, 5.41) is 3.87. The number of benzene rings is 2. The van der Waals surface area contributed by atoms with Gasteiger partial charge in [0.25, 0.3) is 0 Å². The summed E-state index contributed by atoms with van der Waals surface area (Å²) in [4.78, 5) is 16.7. The van der Waals surface area contributed by atoms with E-state index in [2.05, 4.69) is 5.32 Å². The van der Waals surface area contributed by atoms with Gasteiger partial charge in [-0.1, -0.05) is 30.3 Å². The highest BCUT2D eigenvalue weighted by Gasteiger charge is 2.29. The summed E-state index contributed by atoms with van der Waals surface area (Å²) in [5.74, 6) is 1.03. The van der Waals surface area contributed by atoms with Crippen LogP contribution in [0.5, 0.6) is 5.75 Å². The molecular formula is C20H18N2O2. The lowest BCUT2D eigenvalue weighted by Crippen LogP contribution is -2.13. The zero-order chi connectivity index (χ0) is 16.5. The first-order chi connectivity index (χ1) is 11.7. The average molecular weight is 318 g/mol. The van der Waals surface area contributed by atoms with Crippen molar-refractivity contribution in [3.63, 3.8) is 0 Å². The molecule has 1 amide bonds. The van der Waals surface area contributed by atoms with Gasteiger partial charge in [-0.15, -0.1) is 0 Å². The fourth-order valence-corrected chi connectivity index (χ4v) is 2.79. The van der Waals surface area contributed by atoms with Crippen LogP contribution in [-0.2, 0) is 4.79 Å². The SMILES string of the molecule is COc1cc(-c2ccccc2)nc2ccc(NC(=O)C3CC3)cc12. The molecule has 3 aromatic rings. The van der Waals surface area contributed by atoms with Gasteiger partial charge in [0.2, 0.25) is 5.91 Å². The van der Waals surface area contributed by atoms with Gasteiger partial charge in [0.1, 0.15) is 5.75 Å². The van der Waals surface area contributed by atoms with Crippen molar-refractivity contribution in [2.24, 2.45) is 5.92 Å². The molecule has 24 heavy (non-hydrogen) atoms. The number of nitrogens with one attached hydrogen (secondary N) is 1. The number of anilines is 1. The van der Waals surface area contributed by atoms with E-state index < -0.39 is 0 Å². The van der Waals surface area contributed by atoms with Crippen molar-refractivity contribution in [1.82, 2.24) is 4.98 Å². The van der Waals surface area contributed by atoms with Crippen molar-refractivity contribution < 1.29 is 9.53 Å². The Morgan fingerprint density at radius 2 is 1.92 bits per heavy atom. The molecule has 1 fully saturated rings. The van der Waals surface area contributed by atoms with Gasteiger partial charge in [-0.2, -0.15) is 0 Å². The minimum absolute atomic E-state index is 0.0992. The number of carbonyl (C=O) groups is 1. The maximum absolute atomic E-state index is 11.9. The summed E-state index contributed by atoms with van der Waals surface area (Å²) < 4.78 is 5.56. The van der Waals surface area contributed by atoms with Crippen molar-refractivity contribution >= 4 is 22.5 Å². The molecule has 0 radical (unpaired) electrons. The number of ether oxygens (including phenoxy) is 1. The molecule has 0 aliphatic heterocycles. The minimum atomic E-state index is 0.0992. The standard InChI is InChI=1S/C20H18N2O2/c1-24-19-12-18(13-5-3-2-4-6-13)22-17-10-9-15(11-16(17)19)21-20(23)14-7-8-14/h2-6,9-12,14H,7-8H2,1H3,(H,21,23). The number of fused-ring (bicyclic) bond motifs is 1. The monoisotopic (exact) mass is 318 g/mol. The molecule has 1 saturated carbocycles. The fourth-order valence-electron chi connectivity index (χ4n) is 2.79. The molecule has 0 saturated heterocycles. The van der Waals surface area contributed by atoms with Gasteiger partial charge in [0.15, 0.2) is 0 Å². The molecule has 4 heteroatoms. The highest BCUT2D eigenvalue weighted by atomic mass is 16.5. The number of pyridine rings is 1. The number of amides is 1. The van der Waals surface area contributed by atoms with Gasteiger partial charge in [-0.3, -0.25) is 4.79 Å². The first kappa shape index (κ1) is 14.7. The lowest BCUT2D eigenvalue weighted by Gasteiger charge is -2.11. The number of hydrogen-bond donors (Lipinski definition) is 1. The van der Waals surface area contributed by atoms with Crippen LogP contribution in [0.15, 0.2) is 54.6 Å². The third-order valence-electron chi connectivity index (χ3n) is 4.28. The van der Waals surface area contributed by atoms with E-state index in [-0.39, 0.29) is 11.8 Å². The van der Waals surface area contributed by atoms with Crippen LogP contribution in [0.4, 0.5) is 5.69 Å². The third kappa shape index (κ3) is 2.83. The van der Waals surface area contributed by atoms with Crippen molar-refractivity contribution in [3.05, 3.63) is 54.6 Å². The molecule has 0 unspecified atom stereocenters. The van der Waals surface area contributed by atoms with E-state index >= 15 is 0 Å². The Balaban J connectivity index is 1.75. The Kier molecular flexibility index (Phi) is 3.65. The Hall–Kier alpha value is -2.88. The number of aromatic nitrogens is 1. The lowest BCUT2D eigenvalue weighted by atomic mass is 10.1. The first-order valence-electron chi connectivity index (χ1n) is 8.09. The number of nitrogens with zero attached hydrogens (tertiary/aromatic N) is 1. The Morgan fingerprint density at radius 3 is 2.62 bits per heavy atom. The van der Waals surface area contributed by atoms with Crippen LogP contribution in [0.1, 0.15) is 12.8 Å². The Morgan fingerprint density at radius 1 is 1.12 bits per heavy atom. The molecule has 1 aromatic heterocycles. The summed E-state index contributed by atoms with van der Waals surface area (Å²) in [7, 11) is 1.65. The van der Waals surface area contributed by atoms with Gasteiger partial charge in [0, 0.05) is 28.6 Å². The molecule has 4 nitrogen and oxygen atoms in total. The predicted molar refractivity (Wildman–Crippen MR) is 95.1 cm³/mol. The second-order valence-electron chi connectivity index (χ2n) is 6.07. The molecule has 0 spiro atoms. The van der Waals surface area contributed by atoms with E-state index in [1.165, 1.54) is 0 Å². The van der Waals surface area contributed by atoms with Crippen molar-refractivity contribution in [1.29, 1.82) is 0 Å². The number of rotatable bonds is 4. The van der Waals surface area contributed by atoms with Crippen LogP contribution in [0.3, 0.4) is 0 Å². The number of methoxy groups -OCH3 is 1. The van der Waals surface area contributed by atoms with Crippen molar-refractivity contribution in [2.75, 3.05) is 12.4 Å². The Bertz CT molecular complexity index is 902. The van der Waals surface area contributed by atoms with Crippen LogP contribution in [0, 0.1) is 5.92 Å². The van der Waals surface area contributed by atoms with Crippen LogP contribution in [0.25, 0.3) is 22.2 Å². The molecular weight excluding hydrogens is 300 g/mol. The maximum Gasteiger partial charge on any atom is 0.227 e. The highest BCUT2D eigenvalue weighted by Crippen LogP contribution is 2.33. The second-order valence-corrected chi connectivity index (χ2v) is 6.07. The zero-order valence-corrected chi connectivity index (χ0v) is 13.5. The van der Waals surface area contributed by atoms with Crippen LogP contribution >= 0.6 is 0 Å². The second kappa shape index (κ2) is 5.96. The van der Waals surface area contributed by atoms with Crippen LogP contribution in [0.2, 0.25) is 0 Å². The third-order valence-corrected chi connectivity index (χ3v) is 4.28. The summed E-state index contributed by atoms with van der Waals surface area (Å²) in [6.45, 7) is 0. The van der Waals surface area contributed by atoms with Crippen LogP contribution < -0.4 is 10.1 Å². The quantitative estimate of drug-likeness (QED) is 0.782. The van der Waals surface area contributed by atoms with E-state index in [0.717, 1.165) is 46.4 Å². The lowest BCUT2D eigenvalue weighted by molar-refractivity contribution is -0.117. The molecule has 120 valence electrons. The van der Waals surface area contributed by atoms with Crippen LogP contribution in [-0.4, -0.2) is 18.0 Å². The van der Waals surface area contributed by atoms with E-state index in [0.29, 0.717) is 0 Å². The smallest absolute Gasteiger partial charge is 0.227 e. The predicted octanol–water partition coefficient (Wildman–Crippen LogP) is 4.26. The van der Waals surface area contributed by atoms with Crippen molar-refractivity contribution in [3.8, 4) is 17.0 Å². The minimum Gasteiger partial charge on any atom is -0.496 e. The topological polar surface area (TPSA) is 51.2 Å². The summed E-state index contributed by atoms with van der Waals surface area (Å²) in [6, 6.07) is 17.7. The van der Waals surface area contributed by atoms with E-state index in [1.54, 1.807) is 7.11 Å². The Labute approximate surface area is 140 Å². The molecule has 1 N–H and O–H groups in total. The molecule has 4 rings (SSSR count). The van der Waals surface area contributed by atoms with Crippen molar-refractivity contribution in [2.45, 2.75) is 12.8 Å². The number of hydrogen-bond acceptors (Lipinski definition) is 3. The average Bonchev–Trinajstić information content (AvgIpc) is 3.47. The molecule has 0 bridgehead atoms. The van der Waals surface area contributed by atoms with Gasteiger partial charge in [-0.25, -0.2) is 4.98 Å². The molecule has 1 heterocycles. The van der Waals surface area contributed by atoms with E-state index in [4.69, 9.17) is 9.72 Å². The maximum atomic E-state index is 11.9. The molecule has 2 aromatic carbocycles. The fraction of sp³-hybridized carbons (Fsp3) is 0.200. The zero-order valence-electron chi connectivity index (χ0n) is 13.5. The molecule has 0 atom stereocenters. The van der Waals surface area contributed by atoms with Gasteiger partial charge < -0.3 is 10.1 Å².